The van der Waals surface area contributed by atoms with E-state index in [9.17, 15) is 19.7 Å². The van der Waals surface area contributed by atoms with E-state index in [-0.39, 0.29) is 24.0 Å². The van der Waals surface area contributed by atoms with Crippen molar-refractivity contribution < 1.29 is 19.2 Å². The van der Waals surface area contributed by atoms with Gasteiger partial charge >= 0.3 is 5.97 Å². The predicted octanol–water partition coefficient (Wildman–Crippen LogP) is 3.51. The average Bonchev–Trinajstić information content (AvgIpc) is 2.66. The highest BCUT2D eigenvalue weighted by Gasteiger charge is 2.14. The van der Waals surface area contributed by atoms with Crippen molar-refractivity contribution in [2.24, 2.45) is 0 Å². The van der Waals surface area contributed by atoms with Crippen LogP contribution in [0.5, 0.6) is 0 Å². The number of carbonyl (C=O) groups is 2. The molecule has 0 fully saturated rings. The lowest BCUT2D eigenvalue weighted by Gasteiger charge is -2.18. The Morgan fingerprint density at radius 1 is 1.14 bits per heavy atom. The molecule has 0 saturated heterocycles. The van der Waals surface area contributed by atoms with Gasteiger partial charge in [0.2, 0.25) is 0 Å². The fourth-order valence-electron chi connectivity index (χ4n) is 2.47. The van der Waals surface area contributed by atoms with Crippen LogP contribution in [0, 0.1) is 24.0 Å². The second-order valence-corrected chi connectivity index (χ2v) is 7.43. The smallest absolute Gasteiger partial charge is 0.316 e. The lowest BCUT2D eigenvalue weighted by atomic mass is 10.1. The lowest BCUT2D eigenvalue weighted by Crippen LogP contribution is -2.31. The molecule has 0 aliphatic rings. The van der Waals surface area contributed by atoms with Gasteiger partial charge in [-0.1, -0.05) is 23.8 Å². The first kappa shape index (κ1) is 21.4. The third-order valence-electron chi connectivity index (χ3n) is 4.09. The van der Waals surface area contributed by atoms with Crippen LogP contribution in [0.4, 0.5) is 5.69 Å². The molecule has 0 saturated carbocycles. The maximum atomic E-state index is 12.2. The molecule has 0 bridgehead atoms. The van der Waals surface area contributed by atoms with E-state index < -0.39 is 10.9 Å². The Balaban J connectivity index is 1.76. The molecular formula is C20H22N2O5S. The summed E-state index contributed by atoms with van der Waals surface area (Å²) < 4.78 is 5.04. The average molecular weight is 402 g/mol. The van der Waals surface area contributed by atoms with Crippen molar-refractivity contribution in [2.45, 2.75) is 25.3 Å². The van der Waals surface area contributed by atoms with Crippen molar-refractivity contribution in [3.63, 3.8) is 0 Å². The van der Waals surface area contributed by atoms with E-state index in [1.165, 1.54) is 28.8 Å². The first-order valence-electron chi connectivity index (χ1n) is 8.59. The maximum absolute atomic E-state index is 12.2. The molecule has 0 aliphatic carbocycles. The molecule has 28 heavy (non-hydrogen) atoms. The largest absolute Gasteiger partial charge is 0.455 e. The first-order valence-corrected chi connectivity index (χ1v) is 9.58. The lowest BCUT2D eigenvalue weighted by molar-refractivity contribution is -0.384. The van der Waals surface area contributed by atoms with Gasteiger partial charge in [-0.2, -0.15) is 0 Å². The highest BCUT2D eigenvalue weighted by atomic mass is 32.2. The SMILES string of the molecule is Cc1ccc(CN(C)C(=O)COC(=O)CSc2ccc([N+](=O)[O-])cc2)c(C)c1. The number of rotatable bonds is 8. The third-order valence-corrected chi connectivity index (χ3v) is 5.08. The molecule has 1 amide bonds. The van der Waals surface area contributed by atoms with E-state index in [2.05, 4.69) is 6.07 Å². The number of nitro benzene ring substituents is 1. The van der Waals surface area contributed by atoms with Crippen LogP contribution in [0.2, 0.25) is 0 Å². The number of non-ortho nitro benzene ring substituents is 1. The molecule has 0 atom stereocenters. The number of nitro groups is 1. The number of likely N-dealkylation sites (N-methyl/N-ethyl adjacent to an activating group) is 1. The summed E-state index contributed by atoms with van der Waals surface area (Å²) in [5.74, 6) is -0.781. The molecule has 8 heteroatoms. The molecule has 7 nitrogen and oxygen atoms in total. The zero-order valence-electron chi connectivity index (χ0n) is 16.0. The number of hydrogen-bond donors (Lipinski definition) is 0. The quantitative estimate of drug-likeness (QED) is 0.291. The predicted molar refractivity (Wildman–Crippen MR) is 107 cm³/mol. The van der Waals surface area contributed by atoms with Crippen LogP contribution >= 0.6 is 11.8 Å². The monoisotopic (exact) mass is 402 g/mol. The number of esters is 1. The molecule has 148 valence electrons. The van der Waals surface area contributed by atoms with Crippen LogP contribution in [0.15, 0.2) is 47.4 Å². The van der Waals surface area contributed by atoms with E-state index in [1.54, 1.807) is 19.2 Å². The first-order chi connectivity index (χ1) is 13.3. The van der Waals surface area contributed by atoms with Gasteiger partial charge in [0.25, 0.3) is 11.6 Å². The molecular weight excluding hydrogens is 380 g/mol. The normalized spacial score (nSPS) is 10.4. The van der Waals surface area contributed by atoms with Gasteiger partial charge in [0.1, 0.15) is 0 Å². The highest BCUT2D eigenvalue weighted by molar-refractivity contribution is 8.00. The summed E-state index contributed by atoms with van der Waals surface area (Å²) in [4.78, 5) is 36.4. The van der Waals surface area contributed by atoms with Gasteiger partial charge < -0.3 is 9.64 Å². The fraction of sp³-hybridized carbons (Fsp3) is 0.300. The molecule has 0 aliphatic heterocycles. The van der Waals surface area contributed by atoms with Gasteiger partial charge in [-0.3, -0.25) is 19.7 Å². The number of amides is 1. The van der Waals surface area contributed by atoms with Crippen LogP contribution < -0.4 is 0 Å². The van der Waals surface area contributed by atoms with Gasteiger partial charge in [0.15, 0.2) is 6.61 Å². The second kappa shape index (κ2) is 9.89. The molecule has 0 radical (unpaired) electrons. The minimum atomic E-state index is -0.517. The summed E-state index contributed by atoms with van der Waals surface area (Å²) in [7, 11) is 1.67. The van der Waals surface area contributed by atoms with Gasteiger partial charge in [0, 0.05) is 30.6 Å². The zero-order chi connectivity index (χ0) is 20.7. The minimum absolute atomic E-state index is 0.00984. The van der Waals surface area contributed by atoms with Crippen LogP contribution in [0.1, 0.15) is 16.7 Å². The molecule has 0 aromatic heterocycles. The van der Waals surface area contributed by atoms with E-state index >= 15 is 0 Å². The van der Waals surface area contributed by atoms with Gasteiger partial charge in [-0.05, 0) is 37.1 Å². The molecule has 0 N–H and O–H groups in total. The number of hydrogen-bond acceptors (Lipinski definition) is 6. The number of ether oxygens (including phenoxy) is 1. The topological polar surface area (TPSA) is 89.8 Å². The van der Waals surface area contributed by atoms with Gasteiger partial charge in [-0.15, -0.1) is 11.8 Å². The Labute approximate surface area is 167 Å². The molecule has 2 aromatic carbocycles. The Kier molecular flexibility index (Phi) is 7.57. The van der Waals surface area contributed by atoms with Crippen molar-refractivity contribution in [1.82, 2.24) is 4.90 Å². The Hall–Kier alpha value is -2.87. The number of aryl methyl sites for hydroxylation is 2. The van der Waals surface area contributed by atoms with Crippen molar-refractivity contribution in [1.29, 1.82) is 0 Å². The Bertz CT molecular complexity index is 867. The van der Waals surface area contributed by atoms with Crippen LogP contribution in [-0.2, 0) is 20.9 Å². The van der Waals surface area contributed by atoms with E-state index in [4.69, 9.17) is 4.74 Å². The third kappa shape index (κ3) is 6.38. The van der Waals surface area contributed by atoms with E-state index in [1.807, 2.05) is 26.0 Å². The van der Waals surface area contributed by atoms with Gasteiger partial charge in [-0.25, -0.2) is 0 Å². The number of benzene rings is 2. The van der Waals surface area contributed by atoms with Crippen molar-refractivity contribution >= 4 is 29.3 Å². The summed E-state index contributed by atoms with van der Waals surface area (Å²) in [6.45, 7) is 4.14. The number of carbonyl (C=O) groups excluding carboxylic acids is 2. The summed E-state index contributed by atoms with van der Waals surface area (Å²) in [6, 6.07) is 11.9. The van der Waals surface area contributed by atoms with Crippen LogP contribution in [0.25, 0.3) is 0 Å². The molecule has 2 rings (SSSR count). The molecule has 0 heterocycles. The number of nitrogens with zero attached hydrogens (tertiary/aromatic N) is 2. The number of thioether (sulfide) groups is 1. The highest BCUT2D eigenvalue weighted by Crippen LogP contribution is 2.21. The Morgan fingerprint density at radius 3 is 2.43 bits per heavy atom. The molecule has 2 aromatic rings. The zero-order valence-corrected chi connectivity index (χ0v) is 16.8. The molecule has 0 unspecified atom stereocenters. The van der Waals surface area contributed by atoms with Gasteiger partial charge in [0.05, 0.1) is 10.7 Å². The van der Waals surface area contributed by atoms with Crippen molar-refractivity contribution in [2.75, 3.05) is 19.4 Å². The van der Waals surface area contributed by atoms with Crippen LogP contribution in [0.3, 0.4) is 0 Å². The molecule has 0 spiro atoms. The van der Waals surface area contributed by atoms with Crippen molar-refractivity contribution in [3.05, 3.63) is 69.3 Å². The van der Waals surface area contributed by atoms with E-state index in [0.29, 0.717) is 11.4 Å². The van der Waals surface area contributed by atoms with E-state index in [0.717, 1.165) is 16.7 Å². The fourth-order valence-corrected chi connectivity index (χ4v) is 3.16. The summed E-state index contributed by atoms with van der Waals surface area (Å²) in [5.41, 5.74) is 3.30. The van der Waals surface area contributed by atoms with Crippen LogP contribution in [-0.4, -0.2) is 41.1 Å². The Morgan fingerprint density at radius 2 is 1.82 bits per heavy atom. The summed E-state index contributed by atoms with van der Waals surface area (Å²) >= 11 is 1.19. The standard InChI is InChI=1S/C20H22N2O5S/c1-14-4-5-16(15(2)10-14)11-21(3)19(23)12-27-20(24)13-28-18-8-6-17(7-9-18)22(25)26/h4-10H,11-13H2,1-3H3. The summed E-state index contributed by atoms with van der Waals surface area (Å²) in [6.07, 6.45) is 0. The maximum Gasteiger partial charge on any atom is 0.316 e. The van der Waals surface area contributed by atoms with Crippen molar-refractivity contribution in [3.8, 4) is 0 Å². The summed E-state index contributed by atoms with van der Waals surface area (Å²) in [5, 5.41) is 10.6. The minimum Gasteiger partial charge on any atom is -0.455 e. The second-order valence-electron chi connectivity index (χ2n) is 6.38.